The van der Waals surface area contributed by atoms with Crippen molar-refractivity contribution in [2.45, 2.75) is 43.7 Å². The zero-order chi connectivity index (χ0) is 20.3. The summed E-state index contributed by atoms with van der Waals surface area (Å²) in [5.74, 6) is 1.64. The lowest BCUT2D eigenvalue weighted by molar-refractivity contribution is 0.241. The van der Waals surface area contributed by atoms with Crippen molar-refractivity contribution in [3.05, 3.63) is 48.6 Å². The van der Waals surface area contributed by atoms with Crippen molar-refractivity contribution in [3.8, 4) is 5.75 Å². The molecule has 29 heavy (non-hydrogen) atoms. The summed E-state index contributed by atoms with van der Waals surface area (Å²) < 4.78 is 39.5. The molecule has 0 spiro atoms. The third kappa shape index (κ3) is 4.30. The SMILES string of the molecule is CCn1cc(S(=O)(=O)N2CCC(c3noc(COc4cccnc4)n3)CC2)cn1. The van der Waals surface area contributed by atoms with E-state index in [-0.39, 0.29) is 17.4 Å². The van der Waals surface area contributed by atoms with Crippen LogP contribution in [0.3, 0.4) is 0 Å². The highest BCUT2D eigenvalue weighted by molar-refractivity contribution is 7.89. The minimum atomic E-state index is -3.53. The van der Waals surface area contributed by atoms with E-state index in [2.05, 4.69) is 20.2 Å². The molecule has 11 heteroatoms. The summed E-state index contributed by atoms with van der Waals surface area (Å²) in [5, 5.41) is 8.11. The Labute approximate surface area is 168 Å². The zero-order valence-electron chi connectivity index (χ0n) is 16.0. The molecule has 0 radical (unpaired) electrons. The van der Waals surface area contributed by atoms with Crippen LogP contribution in [0.1, 0.15) is 37.4 Å². The van der Waals surface area contributed by atoms with Crippen molar-refractivity contribution >= 4 is 10.0 Å². The Kier molecular flexibility index (Phi) is 5.58. The average molecular weight is 418 g/mol. The van der Waals surface area contributed by atoms with E-state index in [1.54, 1.807) is 35.4 Å². The van der Waals surface area contributed by atoms with Crippen LogP contribution >= 0.6 is 0 Å². The summed E-state index contributed by atoms with van der Waals surface area (Å²) in [6.45, 7) is 3.51. The first-order valence-corrected chi connectivity index (χ1v) is 10.9. The van der Waals surface area contributed by atoms with Gasteiger partial charge >= 0.3 is 0 Å². The minimum absolute atomic E-state index is 0.0516. The number of hydrogen-bond acceptors (Lipinski definition) is 8. The summed E-state index contributed by atoms with van der Waals surface area (Å²) in [6, 6.07) is 3.58. The van der Waals surface area contributed by atoms with Crippen molar-refractivity contribution in [1.29, 1.82) is 0 Å². The van der Waals surface area contributed by atoms with Gasteiger partial charge in [-0.2, -0.15) is 14.4 Å². The van der Waals surface area contributed by atoms with Gasteiger partial charge in [-0.15, -0.1) is 0 Å². The van der Waals surface area contributed by atoms with Crippen molar-refractivity contribution in [3.63, 3.8) is 0 Å². The molecular weight excluding hydrogens is 396 g/mol. The quantitative estimate of drug-likeness (QED) is 0.570. The molecule has 4 heterocycles. The summed E-state index contributed by atoms with van der Waals surface area (Å²) in [7, 11) is -3.53. The van der Waals surface area contributed by atoms with Crippen LogP contribution in [0.15, 0.2) is 46.3 Å². The second-order valence-electron chi connectivity index (χ2n) is 6.73. The predicted molar refractivity (Wildman–Crippen MR) is 102 cm³/mol. The molecule has 0 aliphatic carbocycles. The van der Waals surface area contributed by atoms with Gasteiger partial charge in [-0.1, -0.05) is 5.16 Å². The van der Waals surface area contributed by atoms with Gasteiger partial charge in [-0.25, -0.2) is 8.42 Å². The first-order chi connectivity index (χ1) is 14.1. The van der Waals surface area contributed by atoms with Crippen LogP contribution in [0.25, 0.3) is 0 Å². The van der Waals surface area contributed by atoms with Crippen LogP contribution in [0.4, 0.5) is 0 Å². The zero-order valence-corrected chi connectivity index (χ0v) is 16.8. The van der Waals surface area contributed by atoms with Gasteiger partial charge < -0.3 is 9.26 Å². The fraction of sp³-hybridized carbons (Fsp3) is 0.444. The monoisotopic (exact) mass is 418 g/mol. The minimum Gasteiger partial charge on any atom is -0.482 e. The number of hydrogen-bond donors (Lipinski definition) is 0. The van der Waals surface area contributed by atoms with E-state index < -0.39 is 10.0 Å². The number of pyridine rings is 1. The first-order valence-electron chi connectivity index (χ1n) is 9.44. The van der Waals surface area contributed by atoms with Crippen molar-refractivity contribution in [2.24, 2.45) is 0 Å². The molecule has 1 aliphatic rings. The van der Waals surface area contributed by atoms with Crippen LogP contribution in [0.2, 0.25) is 0 Å². The second-order valence-corrected chi connectivity index (χ2v) is 8.67. The van der Waals surface area contributed by atoms with Crippen LogP contribution in [-0.4, -0.2) is 50.7 Å². The van der Waals surface area contributed by atoms with E-state index in [4.69, 9.17) is 9.26 Å². The molecule has 3 aromatic rings. The molecule has 3 aromatic heterocycles. The lowest BCUT2D eigenvalue weighted by Gasteiger charge is -2.29. The molecule has 0 unspecified atom stereocenters. The molecule has 1 saturated heterocycles. The Balaban J connectivity index is 1.34. The molecule has 4 rings (SSSR count). The second kappa shape index (κ2) is 8.29. The van der Waals surface area contributed by atoms with Gasteiger partial charge in [0.2, 0.25) is 10.0 Å². The number of piperidine rings is 1. The largest absolute Gasteiger partial charge is 0.482 e. The Hall–Kier alpha value is -2.79. The molecule has 1 fully saturated rings. The van der Waals surface area contributed by atoms with E-state index in [9.17, 15) is 8.42 Å². The van der Waals surface area contributed by atoms with Crippen LogP contribution in [0.5, 0.6) is 5.75 Å². The molecule has 1 aliphatic heterocycles. The summed E-state index contributed by atoms with van der Waals surface area (Å²) in [4.78, 5) is 8.61. The molecule has 10 nitrogen and oxygen atoms in total. The van der Waals surface area contributed by atoms with Crippen LogP contribution in [0, 0.1) is 0 Å². The van der Waals surface area contributed by atoms with Gasteiger partial charge in [0.05, 0.1) is 12.4 Å². The summed E-state index contributed by atoms with van der Waals surface area (Å²) in [6.07, 6.45) is 7.50. The van der Waals surface area contributed by atoms with Crippen LogP contribution in [-0.2, 0) is 23.2 Å². The maximum absolute atomic E-state index is 12.8. The van der Waals surface area contributed by atoms with Gasteiger partial charge in [-0.3, -0.25) is 9.67 Å². The number of aryl methyl sites for hydroxylation is 1. The Bertz CT molecular complexity index is 1040. The molecule has 0 atom stereocenters. The fourth-order valence-electron chi connectivity index (χ4n) is 3.22. The molecule has 0 N–H and O–H groups in total. The standard InChI is InChI=1S/C18H22N6O4S/c1-2-23-12-16(11-20-23)29(25,26)24-8-5-14(6-9-24)18-21-17(28-22-18)13-27-15-4-3-7-19-10-15/h3-4,7,10-12,14H,2,5-6,8-9,13H2,1H3. The van der Waals surface area contributed by atoms with E-state index in [0.29, 0.717) is 49.9 Å². The number of nitrogens with zero attached hydrogens (tertiary/aromatic N) is 6. The number of sulfonamides is 1. The number of rotatable bonds is 7. The number of aromatic nitrogens is 5. The lowest BCUT2D eigenvalue weighted by atomic mass is 9.98. The number of ether oxygens (including phenoxy) is 1. The van der Waals surface area contributed by atoms with E-state index >= 15 is 0 Å². The highest BCUT2D eigenvalue weighted by Gasteiger charge is 2.32. The average Bonchev–Trinajstić information content (AvgIpc) is 3.43. The molecular formula is C18H22N6O4S. The van der Waals surface area contributed by atoms with Crippen molar-refractivity contribution < 1.29 is 17.7 Å². The summed E-state index contributed by atoms with van der Waals surface area (Å²) in [5.41, 5.74) is 0. The Morgan fingerprint density at radius 1 is 1.28 bits per heavy atom. The molecule has 0 bridgehead atoms. The molecule has 154 valence electrons. The maximum atomic E-state index is 12.8. The topological polar surface area (TPSA) is 116 Å². The third-order valence-electron chi connectivity index (χ3n) is 4.87. The molecule has 0 aromatic carbocycles. The Morgan fingerprint density at radius 3 is 2.79 bits per heavy atom. The molecule has 0 saturated carbocycles. The van der Waals surface area contributed by atoms with Crippen molar-refractivity contribution in [2.75, 3.05) is 13.1 Å². The summed E-state index contributed by atoms with van der Waals surface area (Å²) >= 11 is 0. The predicted octanol–water partition coefficient (Wildman–Crippen LogP) is 1.83. The van der Waals surface area contributed by atoms with Gasteiger partial charge in [-0.05, 0) is 31.9 Å². The van der Waals surface area contributed by atoms with Gasteiger partial charge in [0.1, 0.15) is 10.6 Å². The van der Waals surface area contributed by atoms with E-state index in [1.165, 1.54) is 10.5 Å². The van der Waals surface area contributed by atoms with Gasteiger partial charge in [0.15, 0.2) is 12.4 Å². The van der Waals surface area contributed by atoms with Gasteiger partial charge in [0.25, 0.3) is 5.89 Å². The van der Waals surface area contributed by atoms with Crippen LogP contribution < -0.4 is 4.74 Å². The fourth-order valence-corrected chi connectivity index (χ4v) is 4.65. The van der Waals surface area contributed by atoms with Gasteiger partial charge in [0, 0.05) is 37.9 Å². The smallest absolute Gasteiger partial charge is 0.264 e. The third-order valence-corrected chi connectivity index (χ3v) is 6.72. The van der Waals surface area contributed by atoms with Crippen molar-refractivity contribution in [1.82, 2.24) is 29.2 Å². The molecule has 0 amide bonds. The maximum Gasteiger partial charge on any atom is 0.264 e. The van der Waals surface area contributed by atoms with E-state index in [1.807, 2.05) is 6.92 Å². The normalized spacial score (nSPS) is 16.2. The lowest BCUT2D eigenvalue weighted by Crippen LogP contribution is -2.38. The first kappa shape index (κ1) is 19.5. The Morgan fingerprint density at radius 2 is 2.10 bits per heavy atom. The highest BCUT2D eigenvalue weighted by atomic mass is 32.2. The van der Waals surface area contributed by atoms with E-state index in [0.717, 1.165) is 0 Å². The highest BCUT2D eigenvalue weighted by Crippen LogP contribution is 2.29.